The number of carboxylic acids is 4. The minimum absolute atomic E-state index is 0.520. The maximum atomic E-state index is 12.6. The summed E-state index contributed by atoms with van der Waals surface area (Å²) in [5.74, 6) is -10.4. The highest BCUT2D eigenvalue weighted by molar-refractivity contribution is 5.96. The summed E-state index contributed by atoms with van der Waals surface area (Å²) in [7, 11) is 0. The molecule has 35 heavy (non-hydrogen) atoms. The van der Waals surface area contributed by atoms with Crippen LogP contribution in [-0.4, -0.2) is 92.1 Å². The van der Waals surface area contributed by atoms with Crippen molar-refractivity contribution in [2.45, 2.75) is 62.7 Å². The van der Waals surface area contributed by atoms with Crippen LogP contribution >= 0.6 is 0 Å². The van der Waals surface area contributed by atoms with Crippen LogP contribution in [0, 0.1) is 0 Å². The van der Waals surface area contributed by atoms with Crippen molar-refractivity contribution in [3.63, 3.8) is 0 Å². The van der Waals surface area contributed by atoms with Gasteiger partial charge in [-0.3, -0.25) is 33.6 Å². The Morgan fingerprint density at radius 2 is 1.03 bits per heavy atom. The summed E-state index contributed by atoms with van der Waals surface area (Å²) >= 11 is 0. The Morgan fingerprint density at radius 3 is 1.46 bits per heavy atom. The van der Waals surface area contributed by atoms with Crippen molar-refractivity contribution in [2.24, 2.45) is 11.5 Å². The third-order valence-corrected chi connectivity index (χ3v) is 4.31. The van der Waals surface area contributed by atoms with Crippen LogP contribution in [-0.2, 0) is 38.4 Å². The van der Waals surface area contributed by atoms with E-state index in [1.165, 1.54) is 0 Å². The van der Waals surface area contributed by atoms with Crippen LogP contribution in [0.3, 0.4) is 0 Å². The fourth-order valence-electron chi connectivity index (χ4n) is 2.58. The van der Waals surface area contributed by atoms with E-state index in [0.29, 0.717) is 0 Å². The van der Waals surface area contributed by atoms with E-state index in [1.807, 2.05) is 10.6 Å². The molecule has 0 saturated carbocycles. The molecule has 17 heteroatoms. The molecule has 4 amide bonds. The van der Waals surface area contributed by atoms with Gasteiger partial charge in [-0.05, 0) is 12.8 Å². The third kappa shape index (κ3) is 13.1. The van der Waals surface area contributed by atoms with Crippen LogP contribution in [0.1, 0.15) is 38.5 Å². The van der Waals surface area contributed by atoms with Crippen LogP contribution in [0.25, 0.3) is 0 Å². The van der Waals surface area contributed by atoms with E-state index in [0.717, 1.165) is 0 Å². The number of nitrogens with one attached hydrogen (secondary N) is 3. The predicted octanol–water partition coefficient (Wildman–Crippen LogP) is -4.07. The Morgan fingerprint density at radius 1 is 0.600 bits per heavy atom. The Balaban J connectivity index is 5.60. The summed E-state index contributed by atoms with van der Waals surface area (Å²) in [5.41, 5.74) is 10.4. The molecule has 0 aromatic heterocycles. The highest BCUT2D eigenvalue weighted by Crippen LogP contribution is 2.05. The number of amides is 4. The summed E-state index contributed by atoms with van der Waals surface area (Å²) in [5, 5.41) is 41.7. The molecule has 4 unspecified atom stereocenters. The third-order valence-electron chi connectivity index (χ3n) is 4.31. The Bertz CT molecular complexity index is 861. The van der Waals surface area contributed by atoms with Crippen molar-refractivity contribution in [1.82, 2.24) is 16.0 Å². The molecule has 4 atom stereocenters. The fourth-order valence-corrected chi connectivity index (χ4v) is 2.58. The van der Waals surface area contributed by atoms with Gasteiger partial charge in [-0.1, -0.05) is 0 Å². The zero-order valence-electron chi connectivity index (χ0n) is 18.3. The molecule has 11 N–H and O–H groups in total. The number of carbonyl (C=O) groups excluding carboxylic acids is 4. The SMILES string of the molecule is NC(=O)CC(N)C(=O)NC(CCC(=O)O)C(=O)NC(CC(=O)O)C(=O)NC(CCC(=O)O)C(=O)O. The molecule has 0 aliphatic heterocycles. The van der Waals surface area contributed by atoms with E-state index < -0.39 is 110 Å². The average Bonchev–Trinajstić information content (AvgIpc) is 2.71. The first-order valence-corrected chi connectivity index (χ1v) is 9.97. The molecule has 0 aliphatic rings. The van der Waals surface area contributed by atoms with Crippen LogP contribution in [0.4, 0.5) is 0 Å². The Hall–Kier alpha value is -4.28. The van der Waals surface area contributed by atoms with Gasteiger partial charge in [0.1, 0.15) is 18.1 Å². The molecule has 0 bridgehead atoms. The van der Waals surface area contributed by atoms with Gasteiger partial charge in [-0.2, -0.15) is 0 Å². The lowest BCUT2D eigenvalue weighted by atomic mass is 10.1. The summed E-state index contributed by atoms with van der Waals surface area (Å²) in [4.78, 5) is 92.1. The van der Waals surface area contributed by atoms with Gasteiger partial charge in [0.25, 0.3) is 0 Å². The number of aliphatic carboxylic acids is 4. The first-order chi connectivity index (χ1) is 16.1. The Labute approximate surface area is 197 Å². The monoisotopic (exact) mass is 505 g/mol. The van der Waals surface area contributed by atoms with E-state index in [9.17, 15) is 38.4 Å². The number of hydrogen-bond acceptors (Lipinski definition) is 9. The molecule has 0 saturated heterocycles. The first-order valence-electron chi connectivity index (χ1n) is 9.97. The molecule has 0 rings (SSSR count). The van der Waals surface area contributed by atoms with Gasteiger partial charge in [0.2, 0.25) is 23.6 Å². The highest BCUT2D eigenvalue weighted by atomic mass is 16.4. The number of hydrogen-bond donors (Lipinski definition) is 9. The lowest BCUT2D eigenvalue weighted by Gasteiger charge is -2.24. The standard InChI is InChI=1S/C18H27N5O12/c19-7(5-11(20)24)15(31)21-8(1-3-12(25)26)16(32)23-10(6-14(29)30)17(33)22-9(18(34)35)2-4-13(27)28/h7-10H,1-6,19H2,(H2,20,24)(H,21,31)(H,22,33)(H,23,32)(H,25,26)(H,27,28)(H,29,30)(H,34,35). The maximum Gasteiger partial charge on any atom is 0.326 e. The second-order valence-corrected chi connectivity index (χ2v) is 7.26. The minimum Gasteiger partial charge on any atom is -0.481 e. The number of rotatable bonds is 17. The average molecular weight is 505 g/mol. The van der Waals surface area contributed by atoms with Crippen molar-refractivity contribution in [3.05, 3.63) is 0 Å². The maximum absolute atomic E-state index is 12.6. The van der Waals surface area contributed by atoms with Gasteiger partial charge in [0.15, 0.2) is 0 Å². The number of carboxylic acid groups (broad SMARTS) is 4. The van der Waals surface area contributed by atoms with Crippen LogP contribution in [0.15, 0.2) is 0 Å². The van der Waals surface area contributed by atoms with E-state index in [-0.39, 0.29) is 0 Å². The largest absolute Gasteiger partial charge is 0.481 e. The summed E-state index contributed by atoms with van der Waals surface area (Å²) < 4.78 is 0. The molecule has 0 aromatic rings. The first kappa shape index (κ1) is 30.7. The normalized spacial score (nSPS) is 13.9. The molecule has 0 aliphatic carbocycles. The lowest BCUT2D eigenvalue weighted by molar-refractivity contribution is -0.144. The topological polar surface area (TPSA) is 306 Å². The molecule has 196 valence electrons. The lowest BCUT2D eigenvalue weighted by Crippen LogP contribution is -2.57. The smallest absolute Gasteiger partial charge is 0.326 e. The molecule has 0 heterocycles. The van der Waals surface area contributed by atoms with Crippen molar-refractivity contribution in [2.75, 3.05) is 0 Å². The van der Waals surface area contributed by atoms with Crippen molar-refractivity contribution >= 4 is 47.5 Å². The zero-order chi connectivity index (χ0) is 27.3. The molecular weight excluding hydrogens is 478 g/mol. The van der Waals surface area contributed by atoms with Crippen LogP contribution < -0.4 is 27.4 Å². The molecule has 17 nitrogen and oxygen atoms in total. The van der Waals surface area contributed by atoms with Gasteiger partial charge in [-0.25, -0.2) is 4.79 Å². The van der Waals surface area contributed by atoms with Crippen molar-refractivity contribution in [3.8, 4) is 0 Å². The molecule has 0 fully saturated rings. The highest BCUT2D eigenvalue weighted by Gasteiger charge is 2.32. The molecular formula is C18H27N5O12. The van der Waals surface area contributed by atoms with Crippen LogP contribution in [0.5, 0.6) is 0 Å². The molecule has 0 spiro atoms. The van der Waals surface area contributed by atoms with E-state index >= 15 is 0 Å². The van der Waals surface area contributed by atoms with E-state index in [2.05, 4.69) is 5.32 Å². The zero-order valence-corrected chi connectivity index (χ0v) is 18.3. The van der Waals surface area contributed by atoms with Crippen molar-refractivity contribution < 1.29 is 58.8 Å². The summed E-state index contributed by atoms with van der Waals surface area (Å²) in [6.45, 7) is 0. The van der Waals surface area contributed by atoms with E-state index in [1.54, 1.807) is 0 Å². The van der Waals surface area contributed by atoms with Gasteiger partial charge in [0.05, 0.1) is 18.9 Å². The molecule has 0 aromatic carbocycles. The minimum atomic E-state index is -1.88. The molecule has 0 radical (unpaired) electrons. The number of primary amides is 1. The van der Waals surface area contributed by atoms with Crippen molar-refractivity contribution in [1.29, 1.82) is 0 Å². The van der Waals surface area contributed by atoms with Gasteiger partial charge >= 0.3 is 23.9 Å². The number of carbonyl (C=O) groups is 8. The fraction of sp³-hybridized carbons (Fsp3) is 0.556. The van der Waals surface area contributed by atoms with Gasteiger partial charge in [0, 0.05) is 12.8 Å². The van der Waals surface area contributed by atoms with Gasteiger partial charge in [-0.15, -0.1) is 0 Å². The summed E-state index contributed by atoms with van der Waals surface area (Å²) in [6.07, 6.45) is -3.98. The van der Waals surface area contributed by atoms with Crippen LogP contribution in [0.2, 0.25) is 0 Å². The summed E-state index contributed by atoms with van der Waals surface area (Å²) in [6, 6.07) is -6.73. The predicted molar refractivity (Wildman–Crippen MR) is 111 cm³/mol. The second kappa shape index (κ2) is 14.8. The Kier molecular flexibility index (Phi) is 13.0. The quantitative estimate of drug-likeness (QED) is 0.0909. The second-order valence-electron chi connectivity index (χ2n) is 7.26. The number of nitrogens with two attached hydrogens (primary N) is 2. The van der Waals surface area contributed by atoms with Gasteiger partial charge < -0.3 is 47.8 Å². The van der Waals surface area contributed by atoms with E-state index in [4.69, 9.17) is 31.9 Å².